The van der Waals surface area contributed by atoms with E-state index in [1.165, 1.54) is 10.5 Å². The maximum absolute atomic E-state index is 13.6. The molecule has 0 spiro atoms. The molecule has 1 aliphatic heterocycles. The van der Waals surface area contributed by atoms with Gasteiger partial charge in [-0.25, -0.2) is 0 Å². The van der Waals surface area contributed by atoms with Crippen LogP contribution >= 0.6 is 0 Å². The summed E-state index contributed by atoms with van der Waals surface area (Å²) in [7, 11) is 0. The Kier molecular flexibility index (Phi) is 5.10. The monoisotopic (exact) mass is 464 g/mol. The highest BCUT2D eigenvalue weighted by atomic mass is 16.2. The predicted molar refractivity (Wildman–Crippen MR) is 135 cm³/mol. The molecule has 2 aliphatic carbocycles. The number of carbonyl (C=O) groups excluding carboxylic acids is 3. The molecule has 3 aromatic rings. The zero-order valence-electron chi connectivity index (χ0n) is 19.9. The number of nitrogens with one attached hydrogen (secondary N) is 1. The summed E-state index contributed by atoms with van der Waals surface area (Å²) in [5.41, 5.74) is 4.93. The smallest absolute Gasteiger partial charge is 0.255 e. The van der Waals surface area contributed by atoms with Crippen molar-refractivity contribution in [3.8, 4) is 0 Å². The van der Waals surface area contributed by atoms with E-state index < -0.39 is 0 Å². The number of imide groups is 1. The first-order valence-electron chi connectivity index (χ1n) is 12.3. The van der Waals surface area contributed by atoms with Crippen LogP contribution in [0.3, 0.4) is 0 Å². The Balaban J connectivity index is 1.27. The molecule has 5 atom stereocenters. The fourth-order valence-corrected chi connectivity index (χ4v) is 6.78. The second kappa shape index (κ2) is 8.19. The van der Waals surface area contributed by atoms with Crippen molar-refractivity contribution in [3.05, 3.63) is 95.1 Å². The first kappa shape index (κ1) is 21.8. The number of amides is 3. The van der Waals surface area contributed by atoms with Gasteiger partial charge < -0.3 is 5.32 Å². The van der Waals surface area contributed by atoms with Gasteiger partial charge in [-0.3, -0.25) is 19.3 Å². The molecule has 3 fully saturated rings. The van der Waals surface area contributed by atoms with Gasteiger partial charge in [0.25, 0.3) is 5.91 Å². The summed E-state index contributed by atoms with van der Waals surface area (Å²) in [6.45, 7) is 3.91. The lowest BCUT2D eigenvalue weighted by atomic mass is 9.73. The molecule has 1 N–H and O–H groups in total. The molecule has 1 heterocycles. The number of hydrogen-bond donors (Lipinski definition) is 1. The van der Waals surface area contributed by atoms with Gasteiger partial charge in [-0.1, -0.05) is 54.6 Å². The summed E-state index contributed by atoms with van der Waals surface area (Å²) in [5, 5.41) is 3.00. The largest absolute Gasteiger partial charge is 0.322 e. The Morgan fingerprint density at radius 1 is 0.829 bits per heavy atom. The fraction of sp³-hybridized carbons (Fsp3) is 0.300. The van der Waals surface area contributed by atoms with Gasteiger partial charge >= 0.3 is 0 Å². The van der Waals surface area contributed by atoms with Crippen molar-refractivity contribution in [1.29, 1.82) is 0 Å². The van der Waals surface area contributed by atoms with Gasteiger partial charge in [-0.2, -0.15) is 0 Å². The number of nitrogens with zero attached hydrogens (tertiary/aromatic N) is 1. The van der Waals surface area contributed by atoms with E-state index in [1.54, 1.807) is 24.3 Å². The third-order valence-corrected chi connectivity index (χ3v) is 8.33. The SMILES string of the molecule is Cc1cccc(C)c1NC(=O)c1cccc(N2C(=O)[C@H]3[C@@H]4C[C@@H]([C@@H]3C2=O)[C@@H](c2ccccc2)C4)c1. The highest BCUT2D eigenvalue weighted by Crippen LogP contribution is 2.61. The van der Waals surface area contributed by atoms with Gasteiger partial charge in [0.2, 0.25) is 11.8 Å². The van der Waals surface area contributed by atoms with Gasteiger partial charge in [-0.05, 0) is 79.3 Å². The molecule has 6 rings (SSSR count). The quantitative estimate of drug-likeness (QED) is 0.520. The molecule has 2 bridgehead atoms. The first-order chi connectivity index (χ1) is 16.9. The number of benzene rings is 3. The van der Waals surface area contributed by atoms with Gasteiger partial charge in [0.15, 0.2) is 0 Å². The van der Waals surface area contributed by atoms with Crippen molar-refractivity contribution in [3.63, 3.8) is 0 Å². The number of para-hydroxylation sites is 1. The summed E-state index contributed by atoms with van der Waals surface area (Å²) in [6, 6.07) is 23.1. The molecule has 3 amide bonds. The third-order valence-electron chi connectivity index (χ3n) is 8.33. The van der Waals surface area contributed by atoms with E-state index in [4.69, 9.17) is 0 Å². The zero-order chi connectivity index (χ0) is 24.3. The molecule has 5 nitrogen and oxygen atoms in total. The van der Waals surface area contributed by atoms with Crippen LogP contribution in [0.5, 0.6) is 0 Å². The predicted octanol–water partition coefficient (Wildman–Crippen LogP) is 5.48. The van der Waals surface area contributed by atoms with Crippen molar-refractivity contribution in [2.24, 2.45) is 23.7 Å². The topological polar surface area (TPSA) is 66.5 Å². The highest BCUT2D eigenvalue weighted by molar-refractivity contribution is 6.23. The second-order valence-electron chi connectivity index (χ2n) is 10.2. The molecule has 0 unspecified atom stereocenters. The molecule has 176 valence electrons. The number of hydrogen-bond acceptors (Lipinski definition) is 3. The van der Waals surface area contributed by atoms with E-state index in [9.17, 15) is 14.4 Å². The van der Waals surface area contributed by atoms with Crippen LogP contribution < -0.4 is 10.2 Å². The van der Waals surface area contributed by atoms with Gasteiger partial charge in [0.05, 0.1) is 17.5 Å². The number of carbonyl (C=O) groups is 3. The van der Waals surface area contributed by atoms with Crippen LogP contribution in [-0.4, -0.2) is 17.7 Å². The molecule has 2 saturated carbocycles. The van der Waals surface area contributed by atoms with Crippen LogP contribution in [0.4, 0.5) is 11.4 Å². The number of aryl methyl sites for hydroxylation is 2. The first-order valence-corrected chi connectivity index (χ1v) is 12.3. The summed E-state index contributed by atoms with van der Waals surface area (Å²) in [4.78, 5) is 41.5. The van der Waals surface area contributed by atoms with Crippen LogP contribution in [0, 0.1) is 37.5 Å². The van der Waals surface area contributed by atoms with E-state index in [0.29, 0.717) is 17.2 Å². The van der Waals surface area contributed by atoms with Crippen molar-refractivity contribution in [2.75, 3.05) is 10.2 Å². The normalized spacial score (nSPS) is 26.8. The minimum Gasteiger partial charge on any atom is -0.322 e. The average Bonchev–Trinajstić information content (AvgIpc) is 3.53. The maximum atomic E-state index is 13.6. The van der Waals surface area contributed by atoms with Crippen LogP contribution in [0.25, 0.3) is 0 Å². The fourth-order valence-electron chi connectivity index (χ4n) is 6.78. The van der Waals surface area contributed by atoms with Gasteiger partial charge in [0.1, 0.15) is 0 Å². The Bertz CT molecular complexity index is 1330. The standard InChI is InChI=1S/C30H28N2O3/c1-17-8-6-9-18(2)27(17)31-28(33)20-12-7-13-22(14-20)32-29(34)25-21-15-23(19-10-4-3-5-11-19)24(16-21)26(25)30(32)35/h3-14,21,23-26H,15-16H2,1-2H3,(H,31,33)/t21-,23+,24+,25-,26-/m0/s1. The van der Waals surface area contributed by atoms with E-state index in [-0.39, 0.29) is 41.4 Å². The van der Waals surface area contributed by atoms with Crippen molar-refractivity contribution >= 4 is 29.1 Å². The molecule has 3 aromatic carbocycles. The zero-order valence-corrected chi connectivity index (χ0v) is 19.9. The van der Waals surface area contributed by atoms with Crippen LogP contribution in [0.1, 0.15) is 45.8 Å². The molecule has 0 radical (unpaired) electrons. The van der Waals surface area contributed by atoms with Crippen LogP contribution in [-0.2, 0) is 9.59 Å². The van der Waals surface area contributed by atoms with Crippen molar-refractivity contribution in [1.82, 2.24) is 0 Å². The average molecular weight is 465 g/mol. The van der Waals surface area contributed by atoms with Crippen molar-refractivity contribution in [2.45, 2.75) is 32.6 Å². The van der Waals surface area contributed by atoms with Crippen LogP contribution in [0.15, 0.2) is 72.8 Å². The van der Waals surface area contributed by atoms with Gasteiger partial charge in [0, 0.05) is 11.3 Å². The Morgan fingerprint density at radius 2 is 1.51 bits per heavy atom. The second-order valence-corrected chi connectivity index (χ2v) is 10.2. The highest BCUT2D eigenvalue weighted by Gasteiger charge is 2.64. The lowest BCUT2D eigenvalue weighted by molar-refractivity contribution is -0.123. The molecule has 3 aliphatic rings. The van der Waals surface area contributed by atoms with Gasteiger partial charge in [-0.15, -0.1) is 0 Å². The summed E-state index contributed by atoms with van der Waals surface area (Å²) in [5.74, 6) is -0.206. The lowest BCUT2D eigenvalue weighted by Crippen LogP contribution is -2.33. The number of anilines is 2. The lowest BCUT2D eigenvalue weighted by Gasteiger charge is -2.28. The number of fused-ring (bicyclic) bond motifs is 5. The van der Waals surface area contributed by atoms with Crippen LogP contribution in [0.2, 0.25) is 0 Å². The summed E-state index contributed by atoms with van der Waals surface area (Å²) in [6.07, 6.45) is 1.90. The molecule has 1 saturated heterocycles. The molecule has 0 aromatic heterocycles. The third kappa shape index (κ3) is 3.41. The number of rotatable bonds is 4. The Labute approximate surface area is 205 Å². The molecule has 5 heteroatoms. The minimum absolute atomic E-state index is 0.105. The Hall–Kier alpha value is -3.73. The van der Waals surface area contributed by atoms with E-state index in [0.717, 1.165) is 29.7 Å². The van der Waals surface area contributed by atoms with E-state index >= 15 is 0 Å². The summed E-state index contributed by atoms with van der Waals surface area (Å²) >= 11 is 0. The molecule has 35 heavy (non-hydrogen) atoms. The minimum atomic E-state index is -0.265. The van der Waals surface area contributed by atoms with Crippen molar-refractivity contribution < 1.29 is 14.4 Å². The summed E-state index contributed by atoms with van der Waals surface area (Å²) < 4.78 is 0. The maximum Gasteiger partial charge on any atom is 0.255 e. The molecular formula is C30H28N2O3. The van der Waals surface area contributed by atoms with E-state index in [2.05, 4.69) is 17.4 Å². The Morgan fingerprint density at radius 3 is 2.26 bits per heavy atom. The molecular weight excluding hydrogens is 436 g/mol. The van der Waals surface area contributed by atoms with E-state index in [1.807, 2.05) is 50.2 Å².